The maximum absolute atomic E-state index is 13.3. The van der Waals surface area contributed by atoms with Gasteiger partial charge in [0.25, 0.3) is 5.78 Å². The van der Waals surface area contributed by atoms with Crippen molar-refractivity contribution in [2.24, 2.45) is 0 Å². The molecular formula is C23H20BrN3O5S. The first-order valence-corrected chi connectivity index (χ1v) is 11.5. The first-order valence-electron chi connectivity index (χ1n) is 9.89. The Morgan fingerprint density at radius 3 is 2.52 bits per heavy atom. The zero-order chi connectivity index (χ0) is 24.0. The highest BCUT2D eigenvalue weighted by molar-refractivity contribution is 9.10. The van der Waals surface area contributed by atoms with E-state index in [2.05, 4.69) is 26.1 Å². The van der Waals surface area contributed by atoms with Crippen LogP contribution < -0.4 is 9.64 Å². The van der Waals surface area contributed by atoms with Crippen LogP contribution in [0.2, 0.25) is 0 Å². The Labute approximate surface area is 202 Å². The molecule has 2 aromatic carbocycles. The molecule has 33 heavy (non-hydrogen) atoms. The second-order valence-electron chi connectivity index (χ2n) is 7.64. The summed E-state index contributed by atoms with van der Waals surface area (Å²) in [5.74, 6) is -1.93. The molecule has 1 aliphatic heterocycles. The van der Waals surface area contributed by atoms with Crippen molar-refractivity contribution < 1.29 is 24.5 Å². The summed E-state index contributed by atoms with van der Waals surface area (Å²) < 4.78 is 5.58. The van der Waals surface area contributed by atoms with E-state index < -0.39 is 17.7 Å². The van der Waals surface area contributed by atoms with Crippen LogP contribution in [0.1, 0.15) is 33.3 Å². The molecule has 1 saturated heterocycles. The molecule has 170 valence electrons. The van der Waals surface area contributed by atoms with Gasteiger partial charge in [-0.15, -0.1) is 10.2 Å². The Bertz CT molecular complexity index is 1330. The molecule has 0 spiro atoms. The number of carbonyl (C=O) groups is 2. The summed E-state index contributed by atoms with van der Waals surface area (Å²) in [6.45, 7) is 5.43. The van der Waals surface area contributed by atoms with Crippen molar-refractivity contribution in [1.29, 1.82) is 0 Å². The Balaban J connectivity index is 2.03. The van der Waals surface area contributed by atoms with Crippen LogP contribution in [-0.4, -0.2) is 39.2 Å². The second kappa shape index (κ2) is 8.60. The van der Waals surface area contributed by atoms with Gasteiger partial charge in [0.05, 0.1) is 23.2 Å². The van der Waals surface area contributed by atoms with Crippen LogP contribution in [0.5, 0.6) is 11.5 Å². The molecule has 2 heterocycles. The number of rotatable bonds is 4. The minimum absolute atomic E-state index is 0.0822. The normalized spacial score (nSPS) is 17.6. The number of carbonyl (C=O) groups excluding carboxylic acids is 2. The third-order valence-electron chi connectivity index (χ3n) is 5.40. The van der Waals surface area contributed by atoms with Crippen molar-refractivity contribution in [3.63, 3.8) is 0 Å². The molecule has 2 N–H and O–H groups in total. The predicted octanol–water partition coefficient (Wildman–Crippen LogP) is 4.57. The Morgan fingerprint density at radius 1 is 1.15 bits per heavy atom. The first-order chi connectivity index (χ1) is 15.6. The summed E-state index contributed by atoms with van der Waals surface area (Å²) in [5.41, 5.74) is 2.45. The predicted molar refractivity (Wildman–Crippen MR) is 128 cm³/mol. The zero-order valence-electron chi connectivity index (χ0n) is 18.2. The molecule has 1 aromatic heterocycles. The summed E-state index contributed by atoms with van der Waals surface area (Å²) in [4.78, 5) is 27.7. The number of phenols is 1. The number of methoxy groups -OCH3 is 1. The SMILES string of the molecule is COc1cc(C2/C(=C(\O)c3cc(C)ccc3C)C(=O)C(=O)N2c2nnc(C)s2)cc(Br)c1O. The molecule has 0 bridgehead atoms. The number of nitrogens with zero attached hydrogens (tertiary/aromatic N) is 3. The number of aromatic hydroxyl groups is 1. The molecule has 1 atom stereocenters. The molecule has 8 nitrogen and oxygen atoms in total. The van der Waals surface area contributed by atoms with Crippen molar-refractivity contribution in [2.75, 3.05) is 12.0 Å². The lowest BCUT2D eigenvalue weighted by Crippen LogP contribution is -2.29. The molecule has 4 rings (SSSR count). The number of hydrogen-bond acceptors (Lipinski definition) is 8. The average Bonchev–Trinajstić information content (AvgIpc) is 3.32. The number of phenolic OH excluding ortho intramolecular Hbond substituents is 1. The van der Waals surface area contributed by atoms with E-state index in [1.54, 1.807) is 19.1 Å². The highest BCUT2D eigenvalue weighted by Crippen LogP contribution is 2.46. The number of aryl methyl sites for hydroxylation is 3. The van der Waals surface area contributed by atoms with Gasteiger partial charge in [-0.2, -0.15) is 0 Å². The summed E-state index contributed by atoms with van der Waals surface area (Å²) in [5, 5.41) is 30.5. The number of anilines is 1. The van der Waals surface area contributed by atoms with Gasteiger partial charge in [0.15, 0.2) is 11.5 Å². The zero-order valence-corrected chi connectivity index (χ0v) is 20.6. The molecule has 3 aromatic rings. The van der Waals surface area contributed by atoms with Crippen LogP contribution in [0.3, 0.4) is 0 Å². The highest BCUT2D eigenvalue weighted by Gasteiger charge is 2.48. The maximum Gasteiger partial charge on any atom is 0.301 e. The van der Waals surface area contributed by atoms with Gasteiger partial charge >= 0.3 is 5.91 Å². The van der Waals surface area contributed by atoms with Gasteiger partial charge in [0.1, 0.15) is 10.8 Å². The third kappa shape index (κ3) is 3.89. The standard InChI is InChI=1S/C23H20BrN3O5S/c1-10-5-6-11(2)14(7-10)19(28)17-18(13-8-15(24)20(29)16(9-13)32-4)27(22(31)21(17)30)23-26-25-12(3)33-23/h5-9,18,28-29H,1-4H3/b19-17+. The number of hydrogen-bond donors (Lipinski definition) is 2. The van der Waals surface area contributed by atoms with E-state index in [-0.39, 0.29) is 28.0 Å². The van der Waals surface area contributed by atoms with Crippen LogP contribution in [0.15, 0.2) is 40.4 Å². The summed E-state index contributed by atoms with van der Waals surface area (Å²) in [6.07, 6.45) is 0. The lowest BCUT2D eigenvalue weighted by Gasteiger charge is -2.23. The molecule has 0 aliphatic carbocycles. The Kier molecular flexibility index (Phi) is 5.98. The topological polar surface area (TPSA) is 113 Å². The molecule has 0 radical (unpaired) electrons. The number of ether oxygens (including phenoxy) is 1. The number of benzene rings is 2. The second-order valence-corrected chi connectivity index (χ2v) is 9.66. The summed E-state index contributed by atoms with van der Waals surface area (Å²) in [6, 6.07) is 7.58. The van der Waals surface area contributed by atoms with Crippen molar-refractivity contribution in [3.05, 3.63) is 67.6 Å². The molecule has 10 heteroatoms. The average molecular weight is 530 g/mol. The van der Waals surface area contributed by atoms with Gasteiger partial charge in [-0.05, 0) is 66.0 Å². The lowest BCUT2D eigenvalue weighted by molar-refractivity contribution is -0.132. The van der Waals surface area contributed by atoms with E-state index in [0.29, 0.717) is 20.6 Å². The van der Waals surface area contributed by atoms with Gasteiger partial charge in [-0.3, -0.25) is 14.5 Å². The number of aliphatic hydroxyl groups excluding tert-OH is 1. The molecule has 0 saturated carbocycles. The maximum atomic E-state index is 13.3. The van der Waals surface area contributed by atoms with Gasteiger partial charge in [0.2, 0.25) is 5.13 Å². The smallest absolute Gasteiger partial charge is 0.301 e. The van der Waals surface area contributed by atoms with Crippen molar-refractivity contribution in [3.8, 4) is 11.5 Å². The highest BCUT2D eigenvalue weighted by atomic mass is 79.9. The summed E-state index contributed by atoms with van der Waals surface area (Å²) in [7, 11) is 1.40. The fourth-order valence-electron chi connectivity index (χ4n) is 3.77. The molecular weight excluding hydrogens is 510 g/mol. The van der Waals surface area contributed by atoms with Crippen LogP contribution >= 0.6 is 27.3 Å². The number of ketones is 1. The number of halogens is 1. The van der Waals surface area contributed by atoms with Crippen molar-refractivity contribution in [2.45, 2.75) is 26.8 Å². The fraction of sp³-hybridized carbons (Fsp3) is 0.217. The lowest BCUT2D eigenvalue weighted by atomic mass is 9.93. The van der Waals surface area contributed by atoms with Crippen LogP contribution in [0.4, 0.5) is 5.13 Å². The van der Waals surface area contributed by atoms with Crippen LogP contribution in [0.25, 0.3) is 5.76 Å². The molecule has 1 aliphatic rings. The minimum atomic E-state index is -1.01. The Hall–Kier alpha value is -3.24. The monoisotopic (exact) mass is 529 g/mol. The van der Waals surface area contributed by atoms with Gasteiger partial charge in [-0.1, -0.05) is 29.0 Å². The number of amides is 1. The molecule has 1 unspecified atom stereocenters. The molecule has 1 amide bonds. The van der Waals surface area contributed by atoms with E-state index in [0.717, 1.165) is 22.5 Å². The third-order valence-corrected chi connectivity index (χ3v) is 6.84. The van der Waals surface area contributed by atoms with Gasteiger partial charge in [0, 0.05) is 5.56 Å². The summed E-state index contributed by atoms with van der Waals surface area (Å²) >= 11 is 4.45. The van der Waals surface area contributed by atoms with Crippen LogP contribution in [0, 0.1) is 20.8 Å². The number of aliphatic hydroxyl groups is 1. The largest absolute Gasteiger partial charge is 0.507 e. The van der Waals surface area contributed by atoms with Gasteiger partial charge < -0.3 is 14.9 Å². The van der Waals surface area contributed by atoms with E-state index in [9.17, 15) is 19.8 Å². The quantitative estimate of drug-likeness (QED) is 0.289. The van der Waals surface area contributed by atoms with Crippen molar-refractivity contribution >= 4 is 49.8 Å². The fourth-order valence-corrected chi connectivity index (χ4v) is 4.95. The van der Waals surface area contributed by atoms with E-state index in [4.69, 9.17) is 4.74 Å². The van der Waals surface area contributed by atoms with E-state index in [1.165, 1.54) is 18.1 Å². The Morgan fingerprint density at radius 2 is 1.88 bits per heavy atom. The van der Waals surface area contributed by atoms with Gasteiger partial charge in [-0.25, -0.2) is 0 Å². The molecule has 1 fully saturated rings. The number of Topliss-reactive ketones (excluding diaryl/α,β-unsaturated/α-hetero) is 1. The van der Waals surface area contributed by atoms with Crippen molar-refractivity contribution in [1.82, 2.24) is 10.2 Å². The number of aromatic nitrogens is 2. The van der Waals surface area contributed by atoms with Crippen LogP contribution in [-0.2, 0) is 9.59 Å². The first kappa shape index (κ1) is 22.9. The van der Waals surface area contributed by atoms with E-state index >= 15 is 0 Å². The minimum Gasteiger partial charge on any atom is -0.507 e. The van der Waals surface area contributed by atoms with E-state index in [1.807, 2.05) is 26.0 Å².